The second kappa shape index (κ2) is 7.81. The first-order valence-electron chi connectivity index (χ1n) is 8.83. The molecule has 3 rings (SSSR count). The predicted octanol–water partition coefficient (Wildman–Crippen LogP) is 2.50. The first-order chi connectivity index (χ1) is 11.7. The molecule has 2 heterocycles. The average molecular weight is 329 g/mol. The molecule has 1 saturated heterocycles. The lowest BCUT2D eigenvalue weighted by Crippen LogP contribution is -2.40. The van der Waals surface area contributed by atoms with Crippen LogP contribution in [0.3, 0.4) is 0 Å². The van der Waals surface area contributed by atoms with Gasteiger partial charge in [-0.05, 0) is 50.2 Å². The van der Waals surface area contributed by atoms with Crippen LogP contribution in [0.25, 0.3) is 10.9 Å². The van der Waals surface area contributed by atoms with E-state index in [4.69, 9.17) is 4.74 Å². The van der Waals surface area contributed by atoms with E-state index in [0.29, 0.717) is 12.6 Å². The third-order valence-corrected chi connectivity index (χ3v) is 4.97. The van der Waals surface area contributed by atoms with Crippen LogP contribution in [0, 0.1) is 0 Å². The number of likely N-dealkylation sites (tertiary alicyclic amines) is 1. The minimum Gasteiger partial charge on any atom is -0.383 e. The average Bonchev–Trinajstić information content (AvgIpc) is 3.23. The summed E-state index contributed by atoms with van der Waals surface area (Å²) >= 11 is 0. The van der Waals surface area contributed by atoms with E-state index in [1.165, 1.54) is 12.8 Å². The molecule has 1 amide bonds. The lowest BCUT2D eigenvalue weighted by atomic mass is 10.1. The van der Waals surface area contributed by atoms with Crippen LogP contribution in [0.2, 0.25) is 0 Å². The third kappa shape index (κ3) is 3.62. The van der Waals surface area contributed by atoms with Gasteiger partial charge < -0.3 is 14.6 Å². The number of aromatic nitrogens is 1. The predicted molar refractivity (Wildman–Crippen MR) is 96.4 cm³/mol. The second-order valence-electron chi connectivity index (χ2n) is 6.41. The molecule has 1 aliphatic heterocycles. The molecule has 0 radical (unpaired) electrons. The Kier molecular flexibility index (Phi) is 5.53. The van der Waals surface area contributed by atoms with Crippen molar-refractivity contribution in [2.24, 2.45) is 0 Å². The molecule has 0 aliphatic carbocycles. The summed E-state index contributed by atoms with van der Waals surface area (Å²) in [7, 11) is 1.71. The van der Waals surface area contributed by atoms with Gasteiger partial charge >= 0.3 is 0 Å². The van der Waals surface area contributed by atoms with E-state index in [1.54, 1.807) is 7.11 Å². The highest BCUT2D eigenvalue weighted by molar-refractivity contribution is 5.98. The van der Waals surface area contributed by atoms with E-state index in [1.807, 2.05) is 24.4 Å². The number of fused-ring (bicyclic) bond motifs is 1. The number of ether oxygens (including phenoxy) is 1. The fourth-order valence-electron chi connectivity index (χ4n) is 3.58. The van der Waals surface area contributed by atoms with Gasteiger partial charge in [-0.15, -0.1) is 0 Å². The summed E-state index contributed by atoms with van der Waals surface area (Å²) in [6, 6.07) is 8.44. The second-order valence-corrected chi connectivity index (χ2v) is 6.41. The number of carbonyl (C=O) groups is 1. The quantitative estimate of drug-likeness (QED) is 0.849. The number of nitrogens with one attached hydrogen (secondary N) is 1. The first-order valence-corrected chi connectivity index (χ1v) is 8.83. The van der Waals surface area contributed by atoms with Crippen LogP contribution in [-0.2, 0) is 11.3 Å². The molecule has 1 aromatic carbocycles. The summed E-state index contributed by atoms with van der Waals surface area (Å²) in [6.07, 6.45) is 4.45. The fraction of sp³-hybridized carbons (Fsp3) is 0.526. The zero-order valence-corrected chi connectivity index (χ0v) is 14.6. The molecule has 24 heavy (non-hydrogen) atoms. The SMILES string of the molecule is CCN1CCC[C@H]1CNC(=O)c1ccc2c(ccn2CCOC)c1. The number of methoxy groups -OCH3 is 1. The van der Waals surface area contributed by atoms with Gasteiger partial charge in [-0.2, -0.15) is 0 Å². The molecule has 0 bridgehead atoms. The highest BCUT2D eigenvalue weighted by atomic mass is 16.5. The van der Waals surface area contributed by atoms with Gasteiger partial charge in [-0.1, -0.05) is 6.92 Å². The van der Waals surface area contributed by atoms with Crippen molar-refractivity contribution < 1.29 is 9.53 Å². The summed E-state index contributed by atoms with van der Waals surface area (Å²) in [5.41, 5.74) is 1.87. The minimum absolute atomic E-state index is 0.0181. The van der Waals surface area contributed by atoms with Gasteiger partial charge in [-0.25, -0.2) is 0 Å². The Bertz CT molecular complexity index is 695. The Balaban J connectivity index is 1.64. The van der Waals surface area contributed by atoms with Crippen molar-refractivity contribution in [3.63, 3.8) is 0 Å². The highest BCUT2D eigenvalue weighted by Gasteiger charge is 2.23. The maximum Gasteiger partial charge on any atom is 0.251 e. The Hall–Kier alpha value is -1.85. The van der Waals surface area contributed by atoms with Gasteiger partial charge in [0.25, 0.3) is 5.91 Å². The summed E-state index contributed by atoms with van der Waals surface area (Å²) in [5, 5.41) is 4.20. The van der Waals surface area contributed by atoms with Crippen LogP contribution >= 0.6 is 0 Å². The molecule has 5 nitrogen and oxygen atoms in total. The molecule has 2 aromatic rings. The summed E-state index contributed by atoms with van der Waals surface area (Å²) in [4.78, 5) is 14.9. The molecule has 1 aliphatic rings. The van der Waals surface area contributed by atoms with E-state index in [-0.39, 0.29) is 5.91 Å². The van der Waals surface area contributed by atoms with Crippen LogP contribution in [0.5, 0.6) is 0 Å². The van der Waals surface area contributed by atoms with E-state index >= 15 is 0 Å². The number of amides is 1. The Labute approximate surface area is 143 Å². The maximum atomic E-state index is 12.5. The first kappa shape index (κ1) is 17.0. The molecule has 0 saturated carbocycles. The zero-order valence-electron chi connectivity index (χ0n) is 14.6. The fourth-order valence-corrected chi connectivity index (χ4v) is 3.58. The van der Waals surface area contributed by atoms with Gasteiger partial charge in [0.2, 0.25) is 0 Å². The number of hydrogen-bond acceptors (Lipinski definition) is 3. The lowest BCUT2D eigenvalue weighted by molar-refractivity contribution is 0.0941. The maximum absolute atomic E-state index is 12.5. The molecule has 130 valence electrons. The summed E-state index contributed by atoms with van der Waals surface area (Å²) in [5.74, 6) is 0.0181. The third-order valence-electron chi connectivity index (χ3n) is 4.97. The van der Waals surface area contributed by atoms with Gasteiger partial charge in [0.1, 0.15) is 0 Å². The van der Waals surface area contributed by atoms with E-state index in [2.05, 4.69) is 27.8 Å². The molecule has 1 fully saturated rings. The van der Waals surface area contributed by atoms with Crippen molar-refractivity contribution in [1.82, 2.24) is 14.8 Å². The van der Waals surface area contributed by atoms with Gasteiger partial charge in [0.15, 0.2) is 0 Å². The van der Waals surface area contributed by atoms with Crippen LogP contribution in [-0.4, -0.2) is 54.8 Å². The van der Waals surface area contributed by atoms with Crippen LogP contribution in [0.4, 0.5) is 0 Å². The van der Waals surface area contributed by atoms with Crippen molar-refractivity contribution in [2.75, 3.05) is 33.4 Å². The highest BCUT2D eigenvalue weighted by Crippen LogP contribution is 2.19. The smallest absolute Gasteiger partial charge is 0.251 e. The largest absolute Gasteiger partial charge is 0.383 e. The number of carbonyl (C=O) groups excluding carboxylic acids is 1. The Morgan fingerprint density at radius 2 is 2.25 bits per heavy atom. The number of nitrogens with zero attached hydrogens (tertiary/aromatic N) is 2. The van der Waals surface area contributed by atoms with Crippen molar-refractivity contribution in [1.29, 1.82) is 0 Å². The van der Waals surface area contributed by atoms with Crippen LogP contribution in [0.1, 0.15) is 30.1 Å². The molecular formula is C19H27N3O2. The van der Waals surface area contributed by atoms with Crippen molar-refractivity contribution >= 4 is 16.8 Å². The van der Waals surface area contributed by atoms with Crippen LogP contribution in [0.15, 0.2) is 30.5 Å². The summed E-state index contributed by atoms with van der Waals surface area (Å²) < 4.78 is 7.29. The molecule has 0 spiro atoms. The van der Waals surface area contributed by atoms with Crippen molar-refractivity contribution in [3.05, 3.63) is 36.0 Å². The normalized spacial score (nSPS) is 18.3. The summed E-state index contributed by atoms with van der Waals surface area (Å²) in [6.45, 7) is 6.63. The van der Waals surface area contributed by atoms with E-state index in [0.717, 1.165) is 42.6 Å². The molecule has 5 heteroatoms. The van der Waals surface area contributed by atoms with Gasteiger partial charge in [-0.3, -0.25) is 9.69 Å². The Morgan fingerprint density at radius 3 is 3.04 bits per heavy atom. The molecule has 0 unspecified atom stereocenters. The van der Waals surface area contributed by atoms with E-state index < -0.39 is 0 Å². The standard InChI is InChI=1S/C19H27N3O2/c1-3-21-9-4-5-17(21)14-20-19(23)16-6-7-18-15(13-16)8-10-22(18)11-12-24-2/h6-8,10,13,17H,3-5,9,11-12,14H2,1-2H3,(H,20,23)/t17-/m0/s1. The number of benzene rings is 1. The zero-order chi connectivity index (χ0) is 16.9. The van der Waals surface area contributed by atoms with Gasteiger partial charge in [0, 0.05) is 48.9 Å². The number of hydrogen-bond donors (Lipinski definition) is 1. The molecule has 1 atom stereocenters. The van der Waals surface area contributed by atoms with E-state index in [9.17, 15) is 4.79 Å². The lowest BCUT2D eigenvalue weighted by Gasteiger charge is -2.22. The topological polar surface area (TPSA) is 46.5 Å². The molecular weight excluding hydrogens is 302 g/mol. The molecule has 1 N–H and O–H groups in total. The molecule has 1 aromatic heterocycles. The van der Waals surface area contributed by atoms with Crippen molar-refractivity contribution in [2.45, 2.75) is 32.4 Å². The number of likely N-dealkylation sites (N-methyl/N-ethyl adjacent to an activating group) is 1. The monoisotopic (exact) mass is 329 g/mol. The minimum atomic E-state index is 0.0181. The number of rotatable bonds is 7. The van der Waals surface area contributed by atoms with Gasteiger partial charge in [0.05, 0.1) is 6.61 Å². The Morgan fingerprint density at radius 1 is 1.38 bits per heavy atom. The van der Waals surface area contributed by atoms with Crippen molar-refractivity contribution in [3.8, 4) is 0 Å². The van der Waals surface area contributed by atoms with Crippen LogP contribution < -0.4 is 5.32 Å².